The van der Waals surface area contributed by atoms with E-state index < -0.39 is 0 Å². The van der Waals surface area contributed by atoms with E-state index in [0.29, 0.717) is 5.92 Å². The molecule has 0 heterocycles. The summed E-state index contributed by atoms with van der Waals surface area (Å²) in [4.78, 5) is 0. The first-order chi connectivity index (χ1) is 5.86. The Labute approximate surface area is 73.8 Å². The van der Waals surface area contributed by atoms with E-state index >= 15 is 0 Å². The van der Waals surface area contributed by atoms with Gasteiger partial charge in [0.05, 0.1) is 12.0 Å². The van der Waals surface area contributed by atoms with Crippen LogP contribution in [0, 0.1) is 40.9 Å². The van der Waals surface area contributed by atoms with E-state index in [1.54, 1.807) is 5.92 Å². The number of nitrogens with zero attached hydrogens (tertiary/aromatic N) is 1. The van der Waals surface area contributed by atoms with Crippen molar-refractivity contribution in [2.75, 3.05) is 0 Å². The zero-order valence-electron chi connectivity index (χ0n) is 7.29. The van der Waals surface area contributed by atoms with Gasteiger partial charge >= 0.3 is 0 Å². The average molecular weight is 160 g/mol. The van der Waals surface area contributed by atoms with Gasteiger partial charge in [-0.05, 0) is 55.8 Å². The van der Waals surface area contributed by atoms with Crippen LogP contribution in [0.2, 0.25) is 0 Å². The maximum absolute atomic E-state index is 9.04. The second-order valence-corrected chi connectivity index (χ2v) is 4.87. The summed E-state index contributed by atoms with van der Waals surface area (Å²) in [5, 5.41) is 9.04. The van der Waals surface area contributed by atoms with Crippen LogP contribution in [0.15, 0.2) is 0 Å². The lowest BCUT2D eigenvalue weighted by Gasteiger charge is -2.51. The zero-order valence-corrected chi connectivity index (χ0v) is 7.29. The van der Waals surface area contributed by atoms with Crippen LogP contribution in [0.25, 0.3) is 0 Å². The first kappa shape index (κ1) is 6.95. The molecule has 4 saturated carbocycles. The zero-order chi connectivity index (χ0) is 8.13. The molecule has 0 spiro atoms. The summed E-state index contributed by atoms with van der Waals surface area (Å²) in [5.74, 6) is 4.71. The molecule has 12 heavy (non-hydrogen) atoms. The Morgan fingerprint density at radius 1 is 1.08 bits per heavy atom. The van der Waals surface area contributed by atoms with Crippen molar-refractivity contribution in [3.8, 4) is 6.07 Å². The summed E-state index contributed by atoms with van der Waals surface area (Å²) in [6.07, 6.45) is 6.72. The second-order valence-electron chi connectivity index (χ2n) is 4.87. The minimum Gasteiger partial charge on any atom is -0.198 e. The highest BCUT2D eigenvalue weighted by Gasteiger charge is 2.48. The average Bonchev–Trinajstić information content (AvgIpc) is 2.02. The minimum atomic E-state index is 0.422. The largest absolute Gasteiger partial charge is 0.198 e. The fourth-order valence-corrected chi connectivity index (χ4v) is 3.83. The van der Waals surface area contributed by atoms with Crippen LogP contribution in [0.1, 0.15) is 32.1 Å². The van der Waals surface area contributed by atoms with Gasteiger partial charge in [-0.3, -0.25) is 0 Å². The highest BCUT2D eigenvalue weighted by atomic mass is 14.5. The molecule has 4 rings (SSSR count). The summed E-state index contributed by atoms with van der Waals surface area (Å²) in [5.41, 5.74) is 0. The maximum atomic E-state index is 9.04. The van der Waals surface area contributed by atoms with Gasteiger partial charge in [0, 0.05) is 0 Å². The van der Waals surface area contributed by atoms with Crippen molar-refractivity contribution in [3.63, 3.8) is 0 Å². The summed E-state index contributed by atoms with van der Waals surface area (Å²) in [7, 11) is 0. The molecule has 0 aromatic heterocycles. The first-order valence-corrected chi connectivity index (χ1v) is 5.10. The summed E-state index contributed by atoms with van der Waals surface area (Å²) < 4.78 is 0. The monoisotopic (exact) mass is 160 g/mol. The van der Waals surface area contributed by atoms with E-state index in [9.17, 15) is 0 Å². The molecule has 2 unspecified atom stereocenters. The van der Waals surface area contributed by atoms with E-state index in [4.69, 9.17) is 5.26 Å². The number of rotatable bonds is 0. The molecular formula is C11H14N. The Bertz CT molecular complexity index is 210. The minimum absolute atomic E-state index is 0.422. The van der Waals surface area contributed by atoms with E-state index in [1.807, 2.05) is 0 Å². The van der Waals surface area contributed by atoms with Crippen molar-refractivity contribution in [1.82, 2.24) is 0 Å². The van der Waals surface area contributed by atoms with Gasteiger partial charge < -0.3 is 0 Å². The van der Waals surface area contributed by atoms with Gasteiger partial charge in [0.2, 0.25) is 0 Å². The van der Waals surface area contributed by atoms with Crippen LogP contribution in [0.3, 0.4) is 0 Å². The molecule has 0 aliphatic heterocycles. The maximum Gasteiger partial charge on any atom is 0.0661 e. The molecular weight excluding hydrogens is 146 g/mol. The van der Waals surface area contributed by atoms with Gasteiger partial charge in [-0.25, -0.2) is 0 Å². The predicted octanol–water partition coefficient (Wildman–Crippen LogP) is 2.54. The molecule has 4 fully saturated rings. The Hall–Kier alpha value is -0.510. The smallest absolute Gasteiger partial charge is 0.0661 e. The van der Waals surface area contributed by atoms with Gasteiger partial charge in [0.25, 0.3) is 0 Å². The number of nitriles is 1. The third-order valence-electron chi connectivity index (χ3n) is 4.12. The van der Waals surface area contributed by atoms with Gasteiger partial charge in [0.1, 0.15) is 0 Å². The molecule has 4 aliphatic carbocycles. The highest BCUT2D eigenvalue weighted by molar-refractivity contribution is 5.14. The van der Waals surface area contributed by atoms with E-state index in [1.165, 1.54) is 32.1 Å². The first-order valence-electron chi connectivity index (χ1n) is 5.10. The standard InChI is InChI=1S/C11H14N/c12-6-11-9-2-7-1-8(4-9)5-10(11)3-7/h7,9-11H,1-5H2. The van der Waals surface area contributed by atoms with Crippen molar-refractivity contribution >= 4 is 0 Å². The van der Waals surface area contributed by atoms with Crippen molar-refractivity contribution in [1.29, 1.82) is 5.26 Å². The fourth-order valence-electron chi connectivity index (χ4n) is 3.83. The lowest BCUT2D eigenvalue weighted by molar-refractivity contribution is 0.0516. The van der Waals surface area contributed by atoms with Gasteiger partial charge in [-0.15, -0.1) is 0 Å². The molecule has 2 atom stereocenters. The number of hydrogen-bond donors (Lipinski definition) is 0. The quantitative estimate of drug-likeness (QED) is 0.534. The normalized spacial score (nSPS) is 50.9. The topological polar surface area (TPSA) is 23.8 Å². The third kappa shape index (κ3) is 0.787. The summed E-state index contributed by atoms with van der Waals surface area (Å²) in [6, 6.07) is 2.53. The summed E-state index contributed by atoms with van der Waals surface area (Å²) in [6.45, 7) is 0. The molecule has 0 N–H and O–H groups in total. The SMILES string of the molecule is N#CC1C2C[C]3CC(C2)CC1C3. The van der Waals surface area contributed by atoms with E-state index in [0.717, 1.165) is 17.8 Å². The molecule has 1 nitrogen and oxygen atoms in total. The van der Waals surface area contributed by atoms with Crippen LogP contribution in [0.5, 0.6) is 0 Å². The van der Waals surface area contributed by atoms with Crippen molar-refractivity contribution in [3.05, 3.63) is 5.92 Å². The van der Waals surface area contributed by atoms with Crippen LogP contribution >= 0.6 is 0 Å². The summed E-state index contributed by atoms with van der Waals surface area (Å²) >= 11 is 0. The molecule has 4 bridgehead atoms. The van der Waals surface area contributed by atoms with Crippen LogP contribution in [0.4, 0.5) is 0 Å². The Balaban J connectivity index is 1.91. The third-order valence-corrected chi connectivity index (χ3v) is 4.12. The lowest BCUT2D eigenvalue weighted by Crippen LogP contribution is -2.43. The molecule has 1 heteroatoms. The number of hydrogen-bond acceptors (Lipinski definition) is 1. The predicted molar refractivity (Wildman–Crippen MR) is 45.9 cm³/mol. The molecule has 63 valence electrons. The van der Waals surface area contributed by atoms with Gasteiger partial charge in [-0.1, -0.05) is 0 Å². The molecule has 4 aliphatic rings. The van der Waals surface area contributed by atoms with Crippen molar-refractivity contribution in [2.24, 2.45) is 23.7 Å². The molecule has 0 aromatic carbocycles. The van der Waals surface area contributed by atoms with Crippen LogP contribution < -0.4 is 0 Å². The van der Waals surface area contributed by atoms with Crippen LogP contribution in [-0.4, -0.2) is 0 Å². The fraction of sp³-hybridized carbons (Fsp3) is 0.818. The van der Waals surface area contributed by atoms with Gasteiger partial charge in [0.15, 0.2) is 0 Å². The molecule has 0 aromatic rings. The van der Waals surface area contributed by atoms with Crippen molar-refractivity contribution in [2.45, 2.75) is 32.1 Å². The lowest BCUT2D eigenvalue weighted by atomic mass is 9.52. The van der Waals surface area contributed by atoms with E-state index in [2.05, 4.69) is 6.07 Å². The van der Waals surface area contributed by atoms with Crippen molar-refractivity contribution < 1.29 is 0 Å². The van der Waals surface area contributed by atoms with E-state index in [-0.39, 0.29) is 0 Å². The molecule has 0 saturated heterocycles. The molecule has 1 radical (unpaired) electrons. The Morgan fingerprint density at radius 2 is 1.75 bits per heavy atom. The Morgan fingerprint density at radius 3 is 2.25 bits per heavy atom. The highest BCUT2D eigenvalue weighted by Crippen LogP contribution is 2.57. The van der Waals surface area contributed by atoms with Gasteiger partial charge in [-0.2, -0.15) is 5.26 Å². The Kier molecular flexibility index (Phi) is 1.30. The molecule has 0 amide bonds. The second kappa shape index (κ2) is 2.25. The van der Waals surface area contributed by atoms with Crippen LogP contribution in [-0.2, 0) is 0 Å².